The molecular weight excluding hydrogens is 206 g/mol. The molecule has 0 rings (SSSR count). The van der Waals surface area contributed by atoms with E-state index in [1.54, 1.807) is 0 Å². The lowest BCUT2D eigenvalue weighted by Gasteiger charge is -2.22. The highest BCUT2D eigenvalue weighted by molar-refractivity contribution is 5.78. The molecule has 0 aromatic carbocycles. The van der Waals surface area contributed by atoms with E-state index in [1.807, 2.05) is 32.7 Å². The third-order valence-electron chi connectivity index (χ3n) is 2.04. The zero-order valence-electron chi connectivity index (χ0n) is 10.8. The van der Waals surface area contributed by atoms with Crippen molar-refractivity contribution in [3.8, 4) is 0 Å². The Hall–Kier alpha value is -0.650. The summed E-state index contributed by atoms with van der Waals surface area (Å²) in [4.78, 5) is 13.4. The van der Waals surface area contributed by atoms with E-state index in [9.17, 15) is 4.79 Å². The van der Waals surface area contributed by atoms with Gasteiger partial charge in [0, 0.05) is 25.7 Å². The van der Waals surface area contributed by atoms with E-state index in [4.69, 9.17) is 10.5 Å². The molecule has 1 amide bonds. The predicted octanol–water partition coefficient (Wildman–Crippen LogP) is -0.193. The molecule has 1 atom stereocenters. The van der Waals surface area contributed by atoms with Crippen molar-refractivity contribution in [3.05, 3.63) is 0 Å². The maximum Gasteiger partial charge on any atom is 0.234 e. The van der Waals surface area contributed by atoms with Crippen molar-refractivity contribution in [2.45, 2.75) is 32.9 Å². The van der Waals surface area contributed by atoms with Crippen LogP contribution in [0.3, 0.4) is 0 Å². The molecule has 0 aliphatic carbocycles. The molecule has 0 aromatic rings. The summed E-state index contributed by atoms with van der Waals surface area (Å²) in [5.74, 6) is 0.0322. The van der Waals surface area contributed by atoms with E-state index in [0.29, 0.717) is 26.2 Å². The number of hydrogen-bond donors (Lipinski definition) is 2. The van der Waals surface area contributed by atoms with Gasteiger partial charge in [0.25, 0.3) is 0 Å². The van der Waals surface area contributed by atoms with Crippen LogP contribution in [-0.4, -0.2) is 56.2 Å². The van der Waals surface area contributed by atoms with E-state index in [1.165, 1.54) is 0 Å². The van der Waals surface area contributed by atoms with Gasteiger partial charge in [0.2, 0.25) is 5.91 Å². The number of rotatable bonds is 8. The van der Waals surface area contributed by atoms with Gasteiger partial charge < -0.3 is 15.8 Å². The first-order valence-electron chi connectivity index (χ1n) is 5.79. The Morgan fingerprint density at radius 3 is 2.56 bits per heavy atom. The van der Waals surface area contributed by atoms with Crippen LogP contribution in [0.1, 0.15) is 20.8 Å². The van der Waals surface area contributed by atoms with Crippen molar-refractivity contribution in [1.82, 2.24) is 10.2 Å². The molecule has 0 bridgehead atoms. The molecule has 16 heavy (non-hydrogen) atoms. The van der Waals surface area contributed by atoms with Gasteiger partial charge in [0.1, 0.15) is 0 Å². The third-order valence-corrected chi connectivity index (χ3v) is 2.04. The summed E-state index contributed by atoms with van der Waals surface area (Å²) >= 11 is 0. The van der Waals surface area contributed by atoms with E-state index in [2.05, 4.69) is 5.32 Å². The van der Waals surface area contributed by atoms with Crippen molar-refractivity contribution in [1.29, 1.82) is 0 Å². The number of carbonyl (C=O) groups excluding carboxylic acids is 1. The summed E-state index contributed by atoms with van der Waals surface area (Å²) < 4.78 is 5.43. The average molecular weight is 231 g/mol. The number of amides is 1. The van der Waals surface area contributed by atoms with Crippen LogP contribution in [0.5, 0.6) is 0 Å². The number of nitrogens with one attached hydrogen (secondary N) is 1. The number of likely N-dealkylation sites (N-methyl/N-ethyl adjacent to an activating group) is 1. The summed E-state index contributed by atoms with van der Waals surface area (Å²) in [7, 11) is 1.89. The van der Waals surface area contributed by atoms with E-state index < -0.39 is 0 Å². The fraction of sp³-hybridized carbons (Fsp3) is 0.909. The van der Waals surface area contributed by atoms with Gasteiger partial charge in [-0.05, 0) is 27.8 Å². The molecule has 3 N–H and O–H groups in total. The number of ether oxygens (including phenoxy) is 1. The SMILES string of the molecule is CCOC(CN)CN(C)CC(=O)NC(C)C. The molecule has 0 saturated carbocycles. The van der Waals surface area contributed by atoms with Crippen LogP contribution in [0.15, 0.2) is 0 Å². The Kier molecular flexibility index (Phi) is 8.15. The zero-order valence-corrected chi connectivity index (χ0v) is 10.8. The van der Waals surface area contributed by atoms with Crippen molar-refractivity contribution in [2.24, 2.45) is 5.73 Å². The van der Waals surface area contributed by atoms with Gasteiger partial charge >= 0.3 is 0 Å². The molecule has 1 unspecified atom stereocenters. The molecular formula is C11H25N3O2. The highest BCUT2D eigenvalue weighted by atomic mass is 16.5. The van der Waals surface area contributed by atoms with Crippen LogP contribution in [0.2, 0.25) is 0 Å². The molecule has 0 aliphatic heterocycles. The Bertz CT molecular complexity index is 198. The second-order valence-corrected chi connectivity index (χ2v) is 4.23. The lowest BCUT2D eigenvalue weighted by Crippen LogP contribution is -2.43. The quantitative estimate of drug-likeness (QED) is 0.607. The minimum absolute atomic E-state index is 0.00171. The Morgan fingerprint density at radius 2 is 2.12 bits per heavy atom. The topological polar surface area (TPSA) is 67.6 Å². The molecule has 0 aliphatic rings. The number of carbonyl (C=O) groups is 1. The van der Waals surface area contributed by atoms with Crippen LogP contribution in [-0.2, 0) is 9.53 Å². The van der Waals surface area contributed by atoms with Gasteiger partial charge in [-0.3, -0.25) is 9.69 Å². The second kappa shape index (κ2) is 8.50. The predicted molar refractivity (Wildman–Crippen MR) is 65.2 cm³/mol. The first kappa shape index (κ1) is 15.3. The van der Waals surface area contributed by atoms with Gasteiger partial charge in [-0.1, -0.05) is 0 Å². The monoisotopic (exact) mass is 231 g/mol. The van der Waals surface area contributed by atoms with Gasteiger partial charge in [-0.2, -0.15) is 0 Å². The van der Waals surface area contributed by atoms with Crippen LogP contribution >= 0.6 is 0 Å². The number of hydrogen-bond acceptors (Lipinski definition) is 4. The van der Waals surface area contributed by atoms with Crippen molar-refractivity contribution >= 4 is 5.91 Å². The maximum atomic E-state index is 11.5. The minimum Gasteiger partial charge on any atom is -0.376 e. The summed E-state index contributed by atoms with van der Waals surface area (Å²) in [6, 6.07) is 0.179. The Morgan fingerprint density at radius 1 is 1.50 bits per heavy atom. The van der Waals surface area contributed by atoms with Gasteiger partial charge in [-0.25, -0.2) is 0 Å². The van der Waals surface area contributed by atoms with E-state index in [0.717, 1.165) is 0 Å². The van der Waals surface area contributed by atoms with E-state index >= 15 is 0 Å². The summed E-state index contributed by atoms with van der Waals surface area (Å²) in [6.45, 7) is 8.01. The largest absolute Gasteiger partial charge is 0.376 e. The van der Waals surface area contributed by atoms with Crippen molar-refractivity contribution in [3.63, 3.8) is 0 Å². The third kappa shape index (κ3) is 7.62. The van der Waals surface area contributed by atoms with Crippen LogP contribution in [0.4, 0.5) is 0 Å². The van der Waals surface area contributed by atoms with Gasteiger partial charge in [0.15, 0.2) is 0 Å². The molecule has 0 aromatic heterocycles. The molecule has 96 valence electrons. The van der Waals surface area contributed by atoms with Crippen molar-refractivity contribution < 1.29 is 9.53 Å². The lowest BCUT2D eigenvalue weighted by molar-refractivity contribution is -0.122. The van der Waals surface area contributed by atoms with Gasteiger partial charge in [0.05, 0.1) is 12.6 Å². The lowest BCUT2D eigenvalue weighted by atomic mass is 10.3. The highest BCUT2D eigenvalue weighted by Gasteiger charge is 2.12. The highest BCUT2D eigenvalue weighted by Crippen LogP contribution is 1.94. The minimum atomic E-state index is 0.00171. The number of nitrogens with zero attached hydrogens (tertiary/aromatic N) is 1. The summed E-state index contributed by atoms with van der Waals surface area (Å²) in [6.07, 6.45) is 0.00171. The van der Waals surface area contributed by atoms with Crippen LogP contribution < -0.4 is 11.1 Å². The Labute approximate surface area is 98.3 Å². The zero-order chi connectivity index (χ0) is 12.6. The van der Waals surface area contributed by atoms with E-state index in [-0.39, 0.29) is 18.1 Å². The van der Waals surface area contributed by atoms with Gasteiger partial charge in [-0.15, -0.1) is 0 Å². The average Bonchev–Trinajstić information content (AvgIpc) is 2.15. The molecule has 0 spiro atoms. The summed E-state index contributed by atoms with van der Waals surface area (Å²) in [5.41, 5.74) is 5.57. The molecule has 5 nitrogen and oxygen atoms in total. The van der Waals surface area contributed by atoms with Crippen molar-refractivity contribution in [2.75, 3.05) is 33.3 Å². The molecule has 0 heterocycles. The normalized spacial score (nSPS) is 13.2. The fourth-order valence-electron chi connectivity index (χ4n) is 1.46. The Balaban J connectivity index is 3.86. The molecule has 5 heteroatoms. The molecule has 0 fully saturated rings. The summed E-state index contributed by atoms with van der Waals surface area (Å²) in [5, 5.41) is 2.84. The maximum absolute atomic E-state index is 11.5. The molecule has 0 radical (unpaired) electrons. The standard InChI is InChI=1S/C11H25N3O2/c1-5-16-10(6-12)7-14(4)8-11(15)13-9(2)3/h9-10H,5-8,12H2,1-4H3,(H,13,15). The first-order valence-corrected chi connectivity index (χ1v) is 5.79. The smallest absolute Gasteiger partial charge is 0.234 e. The van der Waals surface area contributed by atoms with Crippen LogP contribution in [0, 0.1) is 0 Å². The van der Waals surface area contributed by atoms with Crippen LogP contribution in [0.25, 0.3) is 0 Å². The fourth-order valence-corrected chi connectivity index (χ4v) is 1.46. The first-order chi connectivity index (χ1) is 7.49. The second-order valence-electron chi connectivity index (χ2n) is 4.23. The molecule has 0 saturated heterocycles. The number of nitrogens with two attached hydrogens (primary N) is 1.